The van der Waals surface area contributed by atoms with Crippen LogP contribution in [0.5, 0.6) is 5.75 Å². The highest BCUT2D eigenvalue weighted by molar-refractivity contribution is 5.33. The van der Waals surface area contributed by atoms with Crippen molar-refractivity contribution in [2.45, 2.75) is 52.2 Å². The summed E-state index contributed by atoms with van der Waals surface area (Å²) in [4.78, 5) is 0. The molecule has 0 aromatic heterocycles. The average molecular weight is 251 g/mol. The minimum Gasteiger partial charge on any atom is -0.488 e. The molecule has 0 bridgehead atoms. The summed E-state index contributed by atoms with van der Waals surface area (Å²) >= 11 is 0. The largest absolute Gasteiger partial charge is 0.488 e. The molecule has 2 atom stereocenters. The van der Waals surface area contributed by atoms with Crippen LogP contribution in [0.25, 0.3) is 0 Å². The Morgan fingerprint density at radius 2 is 2.11 bits per heavy atom. The van der Waals surface area contributed by atoms with Gasteiger partial charge in [-0.05, 0) is 43.2 Å². The zero-order valence-electron chi connectivity index (χ0n) is 11.4. The number of rotatable bonds is 2. The lowest BCUT2D eigenvalue weighted by atomic mass is 9.74. The molecule has 1 aromatic rings. The molecule has 2 unspecified atom stereocenters. The lowest BCUT2D eigenvalue weighted by Gasteiger charge is -2.39. The van der Waals surface area contributed by atoms with Crippen molar-refractivity contribution in [3.05, 3.63) is 29.6 Å². The Balaban J connectivity index is 2.14. The molecule has 0 radical (unpaired) electrons. The van der Waals surface area contributed by atoms with Crippen LogP contribution in [0.1, 0.15) is 38.7 Å². The highest BCUT2D eigenvalue weighted by Gasteiger charge is 2.34. The van der Waals surface area contributed by atoms with E-state index in [1.165, 1.54) is 12.1 Å². The molecule has 1 fully saturated rings. The SMILES string of the molecule is Cc1ccc(F)cc1OC1CC(C)(C)CCC1N. The molecule has 2 nitrogen and oxygen atoms in total. The molecule has 0 spiro atoms. The van der Waals surface area contributed by atoms with Crippen LogP contribution >= 0.6 is 0 Å². The molecule has 1 aromatic carbocycles. The fourth-order valence-corrected chi connectivity index (χ4v) is 2.53. The maximum absolute atomic E-state index is 13.2. The summed E-state index contributed by atoms with van der Waals surface area (Å²) in [5, 5.41) is 0. The minimum absolute atomic E-state index is 0.0192. The van der Waals surface area contributed by atoms with Gasteiger partial charge in [0.25, 0.3) is 0 Å². The molecule has 3 heteroatoms. The van der Waals surface area contributed by atoms with Crippen molar-refractivity contribution in [1.29, 1.82) is 0 Å². The number of hydrogen-bond donors (Lipinski definition) is 1. The van der Waals surface area contributed by atoms with Gasteiger partial charge in [0.1, 0.15) is 17.7 Å². The molecule has 1 aliphatic carbocycles. The summed E-state index contributed by atoms with van der Waals surface area (Å²) in [6.45, 7) is 6.38. The standard InChI is InChI=1S/C15H22FNO/c1-10-4-5-11(16)8-13(10)18-14-9-15(2,3)7-6-12(14)17/h4-5,8,12,14H,6-7,9,17H2,1-3H3. The normalized spacial score (nSPS) is 26.9. The first kappa shape index (κ1) is 13.3. The molecular weight excluding hydrogens is 229 g/mol. The number of hydrogen-bond acceptors (Lipinski definition) is 2. The van der Waals surface area contributed by atoms with Gasteiger partial charge in [0.15, 0.2) is 0 Å². The van der Waals surface area contributed by atoms with Gasteiger partial charge in [-0.1, -0.05) is 19.9 Å². The molecule has 1 aliphatic rings. The summed E-state index contributed by atoms with van der Waals surface area (Å²) in [7, 11) is 0. The molecule has 1 saturated carbocycles. The first-order valence-electron chi connectivity index (χ1n) is 6.56. The van der Waals surface area contributed by atoms with Crippen LogP contribution < -0.4 is 10.5 Å². The molecular formula is C15H22FNO. The smallest absolute Gasteiger partial charge is 0.126 e. The van der Waals surface area contributed by atoms with Crippen LogP contribution in [0, 0.1) is 18.2 Å². The highest BCUT2D eigenvalue weighted by atomic mass is 19.1. The van der Waals surface area contributed by atoms with E-state index in [1.807, 2.05) is 6.92 Å². The molecule has 2 N–H and O–H groups in total. The van der Waals surface area contributed by atoms with E-state index in [9.17, 15) is 4.39 Å². The van der Waals surface area contributed by atoms with Crippen molar-refractivity contribution in [2.75, 3.05) is 0 Å². The van der Waals surface area contributed by atoms with Crippen LogP contribution in [-0.4, -0.2) is 12.1 Å². The van der Waals surface area contributed by atoms with Gasteiger partial charge in [0, 0.05) is 12.1 Å². The summed E-state index contributed by atoms with van der Waals surface area (Å²) in [5.74, 6) is 0.354. The fourth-order valence-electron chi connectivity index (χ4n) is 2.53. The second-order valence-electron chi connectivity index (χ2n) is 6.14. The van der Waals surface area contributed by atoms with E-state index in [1.54, 1.807) is 6.07 Å². The zero-order chi connectivity index (χ0) is 13.3. The van der Waals surface area contributed by atoms with Crippen molar-refractivity contribution in [3.8, 4) is 5.75 Å². The summed E-state index contributed by atoms with van der Waals surface area (Å²) in [5.41, 5.74) is 7.32. The van der Waals surface area contributed by atoms with E-state index in [0.717, 1.165) is 24.8 Å². The third-order valence-electron chi connectivity index (χ3n) is 3.81. The lowest BCUT2D eigenvalue weighted by Crippen LogP contribution is -2.46. The second-order valence-corrected chi connectivity index (χ2v) is 6.14. The topological polar surface area (TPSA) is 35.2 Å². The average Bonchev–Trinajstić information content (AvgIpc) is 2.28. The monoisotopic (exact) mass is 251 g/mol. The highest BCUT2D eigenvalue weighted by Crippen LogP contribution is 2.37. The minimum atomic E-state index is -0.265. The third kappa shape index (κ3) is 3.02. The van der Waals surface area contributed by atoms with Gasteiger partial charge in [-0.25, -0.2) is 4.39 Å². The van der Waals surface area contributed by atoms with Crippen molar-refractivity contribution < 1.29 is 9.13 Å². The molecule has 0 aliphatic heterocycles. The van der Waals surface area contributed by atoms with Gasteiger partial charge < -0.3 is 10.5 Å². The second kappa shape index (κ2) is 4.88. The van der Waals surface area contributed by atoms with E-state index in [-0.39, 0.29) is 23.4 Å². The summed E-state index contributed by atoms with van der Waals surface area (Å²) < 4.78 is 19.2. The molecule has 0 saturated heterocycles. The number of benzene rings is 1. The number of aryl methyl sites for hydroxylation is 1. The molecule has 100 valence electrons. The Bertz CT molecular complexity index is 431. The third-order valence-corrected chi connectivity index (χ3v) is 3.81. The Morgan fingerprint density at radius 1 is 1.39 bits per heavy atom. The van der Waals surface area contributed by atoms with Crippen molar-refractivity contribution in [2.24, 2.45) is 11.1 Å². The van der Waals surface area contributed by atoms with Gasteiger partial charge in [-0.2, -0.15) is 0 Å². The first-order valence-corrected chi connectivity index (χ1v) is 6.56. The predicted molar refractivity (Wildman–Crippen MR) is 71.2 cm³/mol. The van der Waals surface area contributed by atoms with Crippen molar-refractivity contribution in [3.63, 3.8) is 0 Å². The number of ether oxygens (including phenoxy) is 1. The quantitative estimate of drug-likeness (QED) is 0.874. The summed E-state index contributed by atoms with van der Waals surface area (Å²) in [6.07, 6.45) is 2.99. The molecule has 2 rings (SSSR count). The van der Waals surface area contributed by atoms with Gasteiger partial charge >= 0.3 is 0 Å². The van der Waals surface area contributed by atoms with Gasteiger partial charge in [-0.3, -0.25) is 0 Å². The van der Waals surface area contributed by atoms with E-state index < -0.39 is 0 Å². The van der Waals surface area contributed by atoms with Crippen LogP contribution in [0.15, 0.2) is 18.2 Å². The summed E-state index contributed by atoms with van der Waals surface area (Å²) in [6, 6.07) is 4.68. The van der Waals surface area contributed by atoms with Crippen LogP contribution in [0.4, 0.5) is 4.39 Å². The van der Waals surface area contributed by atoms with Gasteiger partial charge in [0.05, 0.1) is 0 Å². The number of nitrogens with two attached hydrogens (primary N) is 1. The van der Waals surface area contributed by atoms with E-state index in [4.69, 9.17) is 10.5 Å². The van der Waals surface area contributed by atoms with E-state index in [0.29, 0.717) is 5.75 Å². The predicted octanol–water partition coefficient (Wildman–Crippen LogP) is 3.42. The zero-order valence-corrected chi connectivity index (χ0v) is 11.4. The Labute approximate surface area is 108 Å². The van der Waals surface area contributed by atoms with E-state index >= 15 is 0 Å². The van der Waals surface area contributed by atoms with Gasteiger partial charge in [-0.15, -0.1) is 0 Å². The Kier molecular flexibility index (Phi) is 3.62. The van der Waals surface area contributed by atoms with Crippen molar-refractivity contribution in [1.82, 2.24) is 0 Å². The van der Waals surface area contributed by atoms with E-state index in [2.05, 4.69) is 13.8 Å². The van der Waals surface area contributed by atoms with Crippen LogP contribution in [-0.2, 0) is 0 Å². The fraction of sp³-hybridized carbons (Fsp3) is 0.600. The Morgan fingerprint density at radius 3 is 2.83 bits per heavy atom. The van der Waals surface area contributed by atoms with Crippen LogP contribution in [0.2, 0.25) is 0 Å². The Hall–Kier alpha value is -1.09. The maximum Gasteiger partial charge on any atom is 0.126 e. The molecule has 0 amide bonds. The first-order chi connectivity index (χ1) is 8.37. The van der Waals surface area contributed by atoms with Gasteiger partial charge in [0.2, 0.25) is 0 Å². The molecule has 0 heterocycles. The molecule has 18 heavy (non-hydrogen) atoms. The lowest BCUT2D eigenvalue weighted by molar-refractivity contribution is 0.0662. The maximum atomic E-state index is 13.2. The van der Waals surface area contributed by atoms with Crippen LogP contribution in [0.3, 0.4) is 0 Å². The van der Waals surface area contributed by atoms with Crippen molar-refractivity contribution >= 4 is 0 Å². The number of halogens is 1.